The van der Waals surface area contributed by atoms with Crippen LogP contribution in [-0.4, -0.2) is 22.3 Å². The van der Waals surface area contributed by atoms with E-state index in [-0.39, 0.29) is 34.6 Å². The van der Waals surface area contributed by atoms with E-state index in [9.17, 15) is 15.3 Å². The maximum atomic E-state index is 10.3. The van der Waals surface area contributed by atoms with Crippen LogP contribution >= 0.6 is 0 Å². The van der Waals surface area contributed by atoms with E-state index in [2.05, 4.69) is 4.98 Å². The molecule has 4 nitrogen and oxygen atoms in total. The average molecular weight is 385 g/mol. The van der Waals surface area contributed by atoms with Crippen molar-refractivity contribution in [2.75, 3.05) is 0 Å². The van der Waals surface area contributed by atoms with Crippen molar-refractivity contribution in [3.8, 4) is 17.2 Å². The minimum absolute atomic E-state index is 0. The van der Waals surface area contributed by atoms with Crippen molar-refractivity contribution in [1.29, 1.82) is 0 Å². The molecular formula is C23H20AlNO3. The SMILES string of the molecule is [Al+3].[O-]c1ccccc1.[O-]c1ccccc1.[O-]c1ccccc1.c1ccncc1. The van der Waals surface area contributed by atoms with Crippen LogP contribution in [0.1, 0.15) is 0 Å². The minimum Gasteiger partial charge on any atom is -0.872 e. The molecule has 28 heavy (non-hydrogen) atoms. The van der Waals surface area contributed by atoms with E-state index in [0.29, 0.717) is 0 Å². The van der Waals surface area contributed by atoms with Crippen LogP contribution in [0.3, 0.4) is 0 Å². The predicted octanol–water partition coefficient (Wildman–Crippen LogP) is 2.98. The molecule has 0 spiro atoms. The summed E-state index contributed by atoms with van der Waals surface area (Å²) in [5, 5.41) is 30.8. The van der Waals surface area contributed by atoms with Crippen molar-refractivity contribution in [3.63, 3.8) is 0 Å². The number of para-hydroxylation sites is 3. The van der Waals surface area contributed by atoms with Crippen LogP contribution in [0.15, 0.2) is 122 Å². The summed E-state index contributed by atoms with van der Waals surface area (Å²) in [4.78, 5) is 3.78. The second-order valence-electron chi connectivity index (χ2n) is 4.96. The Hall–Kier alpha value is -3.26. The van der Waals surface area contributed by atoms with Crippen LogP contribution in [0.4, 0.5) is 0 Å². The van der Waals surface area contributed by atoms with Gasteiger partial charge < -0.3 is 15.3 Å². The third kappa shape index (κ3) is 15.0. The average Bonchev–Trinajstić information content (AvgIpc) is 2.73. The zero-order valence-electron chi connectivity index (χ0n) is 15.3. The number of rotatable bonds is 0. The number of hydrogen-bond donors (Lipinski definition) is 0. The molecule has 0 saturated carbocycles. The van der Waals surface area contributed by atoms with E-state index in [1.165, 1.54) is 36.4 Å². The molecule has 0 saturated heterocycles. The Morgan fingerprint density at radius 1 is 0.393 bits per heavy atom. The molecule has 0 amide bonds. The fourth-order valence-corrected chi connectivity index (χ4v) is 1.57. The Labute approximate surface area is 176 Å². The number of aromatic nitrogens is 1. The minimum atomic E-state index is 0. The molecule has 0 aliphatic rings. The molecule has 0 radical (unpaired) electrons. The van der Waals surface area contributed by atoms with Gasteiger partial charge >= 0.3 is 17.4 Å². The van der Waals surface area contributed by atoms with Gasteiger partial charge in [-0.05, 0) is 12.1 Å². The van der Waals surface area contributed by atoms with Gasteiger partial charge in [0.05, 0.1) is 0 Å². The molecule has 0 aliphatic heterocycles. The molecule has 0 aliphatic carbocycles. The number of hydrogen-bond acceptors (Lipinski definition) is 4. The van der Waals surface area contributed by atoms with E-state index in [0.717, 1.165) is 0 Å². The summed E-state index contributed by atoms with van der Waals surface area (Å²) in [5.41, 5.74) is 0. The van der Waals surface area contributed by atoms with Gasteiger partial charge in [-0.3, -0.25) is 4.98 Å². The zero-order chi connectivity index (χ0) is 19.6. The summed E-state index contributed by atoms with van der Waals surface area (Å²) < 4.78 is 0. The zero-order valence-corrected chi connectivity index (χ0v) is 16.5. The van der Waals surface area contributed by atoms with Crippen LogP contribution in [0, 0.1) is 0 Å². The fraction of sp³-hybridized carbons (Fsp3) is 0. The van der Waals surface area contributed by atoms with Crippen molar-refractivity contribution in [1.82, 2.24) is 4.98 Å². The third-order valence-electron chi connectivity index (χ3n) is 2.80. The van der Waals surface area contributed by atoms with Crippen LogP contribution in [0.25, 0.3) is 0 Å². The molecule has 138 valence electrons. The maximum Gasteiger partial charge on any atom is 3.00 e. The molecular weight excluding hydrogens is 365 g/mol. The van der Waals surface area contributed by atoms with Gasteiger partial charge in [-0.25, -0.2) is 0 Å². The van der Waals surface area contributed by atoms with E-state index < -0.39 is 0 Å². The Balaban J connectivity index is 0.000000344. The van der Waals surface area contributed by atoms with Crippen LogP contribution in [0.2, 0.25) is 0 Å². The molecule has 0 bridgehead atoms. The molecule has 4 rings (SSSR count). The second kappa shape index (κ2) is 17.2. The second-order valence-corrected chi connectivity index (χ2v) is 4.96. The molecule has 0 atom stereocenters. The summed E-state index contributed by atoms with van der Waals surface area (Å²) in [6.45, 7) is 0. The van der Waals surface area contributed by atoms with Gasteiger partial charge in [0, 0.05) is 12.4 Å². The first kappa shape index (κ1) is 24.7. The van der Waals surface area contributed by atoms with Gasteiger partial charge in [0.25, 0.3) is 0 Å². The number of benzene rings is 3. The first-order chi connectivity index (χ1) is 13.2. The first-order valence-electron chi connectivity index (χ1n) is 8.19. The van der Waals surface area contributed by atoms with E-state index >= 15 is 0 Å². The third-order valence-corrected chi connectivity index (χ3v) is 2.80. The van der Waals surface area contributed by atoms with Gasteiger partial charge in [-0.2, -0.15) is 0 Å². The standard InChI is InChI=1S/3C6H6O.C5H5N.Al/c3*7-6-4-2-1-3-5-6;1-2-4-6-5-3-1;/h3*1-5,7H;1-5H;/q;;;;+3/p-3. The molecule has 3 aromatic carbocycles. The number of nitrogens with zero attached hydrogens (tertiary/aromatic N) is 1. The van der Waals surface area contributed by atoms with Crippen LogP contribution in [0.5, 0.6) is 17.2 Å². The van der Waals surface area contributed by atoms with Gasteiger partial charge in [-0.15, -0.1) is 17.2 Å². The van der Waals surface area contributed by atoms with Crippen LogP contribution in [-0.2, 0) is 0 Å². The van der Waals surface area contributed by atoms with Gasteiger partial charge in [-0.1, -0.05) is 97.1 Å². The molecule has 0 N–H and O–H groups in total. The largest absolute Gasteiger partial charge is 3.00 e. The maximum absolute atomic E-state index is 10.3. The van der Waals surface area contributed by atoms with E-state index in [1.807, 2.05) is 36.4 Å². The van der Waals surface area contributed by atoms with Crippen LogP contribution < -0.4 is 15.3 Å². The van der Waals surface area contributed by atoms with Crippen molar-refractivity contribution in [2.45, 2.75) is 0 Å². The summed E-state index contributed by atoms with van der Waals surface area (Å²) in [6.07, 6.45) is 3.50. The molecule has 0 fully saturated rings. The predicted molar refractivity (Wildman–Crippen MR) is 108 cm³/mol. The van der Waals surface area contributed by atoms with Crippen molar-refractivity contribution < 1.29 is 15.3 Å². The molecule has 5 heteroatoms. The first-order valence-corrected chi connectivity index (χ1v) is 8.19. The van der Waals surface area contributed by atoms with Crippen molar-refractivity contribution in [3.05, 3.63) is 122 Å². The monoisotopic (exact) mass is 385 g/mol. The van der Waals surface area contributed by atoms with E-state index in [4.69, 9.17) is 0 Å². The topological polar surface area (TPSA) is 82.1 Å². The summed E-state index contributed by atoms with van der Waals surface area (Å²) in [7, 11) is 0. The Kier molecular flexibility index (Phi) is 15.2. The Morgan fingerprint density at radius 3 is 0.750 bits per heavy atom. The number of pyridine rings is 1. The van der Waals surface area contributed by atoms with Gasteiger partial charge in [0.2, 0.25) is 0 Å². The fourth-order valence-electron chi connectivity index (χ4n) is 1.57. The molecule has 4 aromatic rings. The summed E-state index contributed by atoms with van der Waals surface area (Å²) in [5.74, 6) is 0.215. The molecule has 1 aromatic heterocycles. The Morgan fingerprint density at radius 2 is 0.643 bits per heavy atom. The summed E-state index contributed by atoms with van der Waals surface area (Å²) >= 11 is 0. The van der Waals surface area contributed by atoms with Gasteiger partial charge in [0.15, 0.2) is 0 Å². The normalized spacial score (nSPS) is 8.14. The summed E-state index contributed by atoms with van der Waals surface area (Å²) in [6, 6.07) is 30.7. The van der Waals surface area contributed by atoms with Crippen molar-refractivity contribution in [2.24, 2.45) is 0 Å². The van der Waals surface area contributed by atoms with Crippen molar-refractivity contribution >= 4 is 17.4 Å². The quantitative estimate of drug-likeness (QED) is 0.436. The van der Waals surface area contributed by atoms with Gasteiger partial charge in [0.1, 0.15) is 0 Å². The smallest absolute Gasteiger partial charge is 0.872 e. The molecule has 0 unspecified atom stereocenters. The molecule has 1 heterocycles. The van der Waals surface area contributed by atoms with E-state index in [1.54, 1.807) is 48.8 Å². The Bertz CT molecular complexity index is 686.